The number of non-ortho nitro benzene ring substituents is 1. The molecule has 1 aromatic carbocycles. The molecule has 0 atom stereocenters. The minimum absolute atomic E-state index is 0.0135. The smallest absolute Gasteiger partial charge is 0.297 e. The Bertz CT molecular complexity index is 621. The highest BCUT2D eigenvalue weighted by Gasteiger charge is 2.15. The van der Waals surface area contributed by atoms with Crippen LogP contribution in [-0.4, -0.2) is 28.7 Å². The predicted octanol–water partition coefficient (Wildman–Crippen LogP) is 1.04. The minimum Gasteiger partial charge on any atom is -0.309 e. The number of benzene rings is 1. The maximum absolute atomic E-state index is 10.8. The zero-order valence-electron chi connectivity index (χ0n) is 9.15. The number of hydrogen-bond donors (Lipinski definition) is 2. The SMILES string of the molecule is CNCC#Cc1[nH]nc2c([N+](=O)[O-])cccc12. The van der Waals surface area contributed by atoms with Crippen molar-refractivity contribution in [2.75, 3.05) is 13.6 Å². The molecule has 0 radical (unpaired) electrons. The highest BCUT2D eigenvalue weighted by atomic mass is 16.6. The summed E-state index contributed by atoms with van der Waals surface area (Å²) >= 11 is 0. The summed E-state index contributed by atoms with van der Waals surface area (Å²) in [5.74, 6) is 5.76. The molecule has 2 rings (SSSR count). The van der Waals surface area contributed by atoms with Crippen LogP contribution in [0.2, 0.25) is 0 Å². The van der Waals surface area contributed by atoms with Crippen molar-refractivity contribution in [1.29, 1.82) is 0 Å². The third kappa shape index (κ3) is 2.09. The third-order valence-corrected chi connectivity index (χ3v) is 2.24. The molecule has 17 heavy (non-hydrogen) atoms. The van der Waals surface area contributed by atoms with Gasteiger partial charge in [0.25, 0.3) is 5.69 Å². The van der Waals surface area contributed by atoms with E-state index < -0.39 is 4.92 Å². The van der Waals surface area contributed by atoms with Gasteiger partial charge in [0.2, 0.25) is 0 Å². The first kappa shape index (κ1) is 11.1. The monoisotopic (exact) mass is 230 g/mol. The lowest BCUT2D eigenvalue weighted by atomic mass is 10.2. The van der Waals surface area contributed by atoms with Crippen LogP contribution < -0.4 is 5.32 Å². The van der Waals surface area contributed by atoms with Gasteiger partial charge < -0.3 is 5.32 Å². The fourth-order valence-electron chi connectivity index (χ4n) is 1.49. The van der Waals surface area contributed by atoms with Gasteiger partial charge in [-0.2, -0.15) is 5.10 Å². The second kappa shape index (κ2) is 4.63. The zero-order valence-corrected chi connectivity index (χ0v) is 9.15. The fourth-order valence-corrected chi connectivity index (χ4v) is 1.49. The normalized spacial score (nSPS) is 9.94. The molecule has 0 fully saturated rings. The van der Waals surface area contributed by atoms with E-state index in [1.54, 1.807) is 19.2 Å². The summed E-state index contributed by atoms with van der Waals surface area (Å²) in [7, 11) is 1.80. The van der Waals surface area contributed by atoms with Crippen LogP contribution in [0.5, 0.6) is 0 Å². The summed E-state index contributed by atoms with van der Waals surface area (Å²) < 4.78 is 0. The predicted molar refractivity (Wildman–Crippen MR) is 63.6 cm³/mol. The standard InChI is InChI=1S/C11H10N4O2/c1-12-7-3-5-9-8-4-2-6-10(15(16)17)11(8)14-13-9/h2,4,6,12H,7H2,1H3,(H,13,14). The van der Waals surface area contributed by atoms with Gasteiger partial charge in [-0.25, -0.2) is 0 Å². The summed E-state index contributed by atoms with van der Waals surface area (Å²) in [5.41, 5.74) is 0.922. The largest absolute Gasteiger partial charge is 0.309 e. The Morgan fingerprint density at radius 1 is 1.59 bits per heavy atom. The van der Waals surface area contributed by atoms with Crippen molar-refractivity contribution < 1.29 is 4.92 Å². The third-order valence-electron chi connectivity index (χ3n) is 2.24. The summed E-state index contributed by atoms with van der Waals surface area (Å²) in [5, 5.41) is 21.0. The van der Waals surface area contributed by atoms with Gasteiger partial charge in [0.15, 0.2) is 5.52 Å². The molecule has 0 aliphatic rings. The Morgan fingerprint density at radius 2 is 2.41 bits per heavy atom. The van der Waals surface area contributed by atoms with E-state index in [9.17, 15) is 10.1 Å². The molecule has 2 N–H and O–H groups in total. The molecule has 2 aromatic rings. The van der Waals surface area contributed by atoms with Gasteiger partial charge >= 0.3 is 0 Å². The van der Waals surface area contributed by atoms with Gasteiger partial charge in [-0.1, -0.05) is 12.0 Å². The van der Waals surface area contributed by atoms with E-state index >= 15 is 0 Å². The van der Waals surface area contributed by atoms with Crippen molar-refractivity contribution in [3.8, 4) is 11.8 Å². The zero-order chi connectivity index (χ0) is 12.3. The van der Waals surface area contributed by atoms with Crippen molar-refractivity contribution in [3.63, 3.8) is 0 Å². The number of nitro groups is 1. The molecule has 0 aliphatic carbocycles. The average molecular weight is 230 g/mol. The molecule has 1 heterocycles. The second-order valence-electron chi connectivity index (χ2n) is 3.36. The lowest BCUT2D eigenvalue weighted by Crippen LogP contribution is -2.04. The topological polar surface area (TPSA) is 83.8 Å². The lowest BCUT2D eigenvalue weighted by Gasteiger charge is -1.91. The number of rotatable bonds is 2. The first-order valence-corrected chi connectivity index (χ1v) is 4.99. The first-order valence-electron chi connectivity index (χ1n) is 4.99. The van der Waals surface area contributed by atoms with Crippen LogP contribution in [0.15, 0.2) is 18.2 Å². The van der Waals surface area contributed by atoms with Crippen LogP contribution in [0.4, 0.5) is 5.69 Å². The number of hydrogen-bond acceptors (Lipinski definition) is 4. The van der Waals surface area contributed by atoms with Crippen molar-refractivity contribution >= 4 is 16.6 Å². The van der Waals surface area contributed by atoms with Crippen molar-refractivity contribution in [3.05, 3.63) is 34.0 Å². The summed E-state index contributed by atoms with van der Waals surface area (Å²) in [6, 6.07) is 4.81. The van der Waals surface area contributed by atoms with Crippen LogP contribution in [0, 0.1) is 22.0 Å². The number of aromatic nitrogens is 2. The number of H-pyrrole nitrogens is 1. The highest BCUT2D eigenvalue weighted by Crippen LogP contribution is 2.24. The van der Waals surface area contributed by atoms with E-state index in [0.29, 0.717) is 23.1 Å². The van der Waals surface area contributed by atoms with Crippen LogP contribution in [-0.2, 0) is 0 Å². The molecular weight excluding hydrogens is 220 g/mol. The van der Waals surface area contributed by atoms with E-state index in [0.717, 1.165) is 0 Å². The molecule has 0 bridgehead atoms. The number of para-hydroxylation sites is 1. The molecule has 1 aromatic heterocycles. The van der Waals surface area contributed by atoms with Crippen LogP contribution in [0.25, 0.3) is 10.9 Å². The molecule has 0 unspecified atom stereocenters. The van der Waals surface area contributed by atoms with E-state index in [2.05, 4.69) is 27.4 Å². The van der Waals surface area contributed by atoms with Gasteiger partial charge in [0, 0.05) is 11.5 Å². The van der Waals surface area contributed by atoms with Crippen LogP contribution >= 0.6 is 0 Å². The van der Waals surface area contributed by atoms with Crippen molar-refractivity contribution in [2.45, 2.75) is 0 Å². The molecule has 6 nitrogen and oxygen atoms in total. The number of nitro benzene ring substituents is 1. The van der Waals surface area contributed by atoms with Gasteiger partial charge in [-0.05, 0) is 19.0 Å². The van der Waals surface area contributed by atoms with Gasteiger partial charge in [-0.15, -0.1) is 0 Å². The quantitative estimate of drug-likeness (QED) is 0.458. The number of nitrogens with zero attached hydrogens (tertiary/aromatic N) is 2. The Kier molecular flexibility index (Phi) is 3.03. The van der Waals surface area contributed by atoms with Crippen LogP contribution in [0.3, 0.4) is 0 Å². The van der Waals surface area contributed by atoms with E-state index in [1.807, 2.05) is 0 Å². The number of fused-ring (bicyclic) bond motifs is 1. The number of aromatic amines is 1. The maximum Gasteiger partial charge on any atom is 0.297 e. The molecule has 0 saturated heterocycles. The lowest BCUT2D eigenvalue weighted by molar-refractivity contribution is -0.383. The van der Waals surface area contributed by atoms with E-state index in [1.165, 1.54) is 6.07 Å². The highest BCUT2D eigenvalue weighted by molar-refractivity contribution is 5.90. The van der Waals surface area contributed by atoms with Crippen LogP contribution in [0.1, 0.15) is 5.69 Å². The Morgan fingerprint density at radius 3 is 3.12 bits per heavy atom. The van der Waals surface area contributed by atoms with Crippen molar-refractivity contribution in [2.24, 2.45) is 0 Å². The minimum atomic E-state index is -0.450. The van der Waals surface area contributed by atoms with Gasteiger partial charge in [0.1, 0.15) is 5.69 Å². The average Bonchev–Trinajstić information content (AvgIpc) is 2.72. The van der Waals surface area contributed by atoms with E-state index in [-0.39, 0.29) is 5.69 Å². The first-order chi connectivity index (χ1) is 8.24. The molecule has 6 heteroatoms. The van der Waals surface area contributed by atoms with Crippen molar-refractivity contribution in [1.82, 2.24) is 15.5 Å². The summed E-state index contributed by atoms with van der Waals surface area (Å²) in [6.07, 6.45) is 0. The summed E-state index contributed by atoms with van der Waals surface area (Å²) in [4.78, 5) is 10.3. The van der Waals surface area contributed by atoms with Gasteiger partial charge in [0.05, 0.1) is 11.5 Å². The molecule has 86 valence electrons. The number of nitrogens with one attached hydrogen (secondary N) is 2. The molecule has 0 amide bonds. The Labute approximate surface area is 97.2 Å². The molecule has 0 saturated carbocycles. The molecule has 0 spiro atoms. The second-order valence-corrected chi connectivity index (χ2v) is 3.36. The molecular formula is C11H10N4O2. The maximum atomic E-state index is 10.8. The van der Waals surface area contributed by atoms with Gasteiger partial charge in [-0.3, -0.25) is 15.2 Å². The molecule has 0 aliphatic heterocycles. The summed E-state index contributed by atoms with van der Waals surface area (Å²) in [6.45, 7) is 0.551. The Hall–Kier alpha value is -2.39. The Balaban J connectivity index is 2.52. The fraction of sp³-hybridized carbons (Fsp3) is 0.182. The van der Waals surface area contributed by atoms with E-state index in [4.69, 9.17) is 0 Å².